The summed E-state index contributed by atoms with van der Waals surface area (Å²) in [6.07, 6.45) is 0. The molecule has 22 heavy (non-hydrogen) atoms. The number of hydrogen-bond acceptors (Lipinski definition) is 2. The predicted octanol–water partition coefficient (Wildman–Crippen LogP) is 3.24. The molecule has 2 amide bonds. The molecule has 1 rings (SSSR count). The van der Waals surface area contributed by atoms with Crippen LogP contribution in [-0.4, -0.2) is 24.9 Å². The monoisotopic (exact) mass is 304 g/mol. The predicted molar refractivity (Wildman–Crippen MR) is 91.1 cm³/mol. The van der Waals surface area contributed by atoms with Crippen LogP contribution < -0.4 is 10.2 Å². The number of para-hydroxylation sites is 1. The van der Waals surface area contributed by atoms with Crippen molar-refractivity contribution in [2.75, 3.05) is 18.0 Å². The first-order chi connectivity index (χ1) is 10.2. The molecular weight excluding hydrogens is 276 g/mol. The summed E-state index contributed by atoms with van der Waals surface area (Å²) >= 11 is 0. The lowest BCUT2D eigenvalue weighted by atomic mass is 9.97. The lowest BCUT2D eigenvalue weighted by Crippen LogP contribution is -2.41. The average molecular weight is 304 g/mol. The second-order valence-corrected chi connectivity index (χ2v) is 6.47. The van der Waals surface area contributed by atoms with Gasteiger partial charge < -0.3 is 10.2 Å². The van der Waals surface area contributed by atoms with E-state index in [-0.39, 0.29) is 24.3 Å². The average Bonchev–Trinajstić information content (AvgIpc) is 2.42. The van der Waals surface area contributed by atoms with Crippen molar-refractivity contribution < 1.29 is 9.59 Å². The summed E-state index contributed by atoms with van der Waals surface area (Å²) in [6.45, 7) is 12.4. The molecule has 122 valence electrons. The van der Waals surface area contributed by atoms with Crippen LogP contribution in [0.4, 0.5) is 5.69 Å². The van der Waals surface area contributed by atoms with Crippen LogP contribution in [0, 0.1) is 12.8 Å². The summed E-state index contributed by atoms with van der Waals surface area (Å²) in [7, 11) is 0. The number of carbonyl (C=O) groups is 2. The molecule has 0 unspecified atom stereocenters. The van der Waals surface area contributed by atoms with Crippen molar-refractivity contribution in [2.45, 2.75) is 47.5 Å². The molecule has 1 aromatic rings. The van der Waals surface area contributed by atoms with E-state index in [2.05, 4.69) is 19.2 Å². The molecule has 0 saturated heterocycles. The molecule has 0 fully saturated rings. The van der Waals surface area contributed by atoms with Crippen LogP contribution in [0.25, 0.3) is 0 Å². The number of benzene rings is 1. The number of carbonyl (C=O) groups excluding carboxylic acids is 2. The molecule has 0 bridgehead atoms. The fourth-order valence-electron chi connectivity index (χ4n) is 2.38. The Labute approximate surface area is 133 Å². The van der Waals surface area contributed by atoms with Crippen LogP contribution in [0.2, 0.25) is 0 Å². The van der Waals surface area contributed by atoms with E-state index >= 15 is 0 Å². The Balaban J connectivity index is 3.07. The third-order valence-electron chi connectivity index (χ3n) is 3.55. The van der Waals surface area contributed by atoms with Gasteiger partial charge in [0.1, 0.15) is 6.54 Å². The van der Waals surface area contributed by atoms with Crippen molar-refractivity contribution in [3.05, 3.63) is 29.3 Å². The third kappa shape index (κ3) is 4.86. The topological polar surface area (TPSA) is 49.4 Å². The highest BCUT2D eigenvalue weighted by Crippen LogP contribution is 2.30. The number of hydrogen-bond donors (Lipinski definition) is 1. The van der Waals surface area contributed by atoms with E-state index in [9.17, 15) is 9.59 Å². The normalized spacial score (nSPS) is 10.9. The maximum Gasteiger partial charge on any atom is 0.240 e. The lowest BCUT2D eigenvalue weighted by Gasteiger charge is -2.27. The molecule has 0 spiro atoms. The second-order valence-electron chi connectivity index (χ2n) is 6.47. The van der Waals surface area contributed by atoms with Gasteiger partial charge in [0.2, 0.25) is 11.8 Å². The minimum atomic E-state index is -0.123. The van der Waals surface area contributed by atoms with Crippen LogP contribution in [0.15, 0.2) is 18.2 Å². The van der Waals surface area contributed by atoms with Gasteiger partial charge in [-0.3, -0.25) is 9.59 Å². The highest BCUT2D eigenvalue weighted by molar-refractivity contribution is 5.98. The van der Waals surface area contributed by atoms with Gasteiger partial charge in [-0.25, -0.2) is 0 Å². The number of rotatable bonds is 6. The molecule has 1 N–H and O–H groups in total. The summed E-state index contributed by atoms with van der Waals surface area (Å²) in [5.74, 6) is 0.438. The number of amides is 2. The Bertz CT molecular complexity index is 536. The van der Waals surface area contributed by atoms with E-state index in [1.54, 1.807) is 4.90 Å². The van der Waals surface area contributed by atoms with Gasteiger partial charge in [0.15, 0.2) is 0 Å². The molecule has 0 atom stereocenters. The lowest BCUT2D eigenvalue weighted by molar-refractivity contribution is -0.123. The first-order valence-electron chi connectivity index (χ1n) is 7.88. The largest absolute Gasteiger partial charge is 0.354 e. The first-order valence-corrected chi connectivity index (χ1v) is 7.88. The molecule has 1 aromatic carbocycles. The van der Waals surface area contributed by atoms with Crippen molar-refractivity contribution in [3.63, 3.8) is 0 Å². The molecule has 0 aliphatic carbocycles. The molecule has 0 aliphatic rings. The Hall–Kier alpha value is -1.84. The molecule has 0 saturated carbocycles. The number of anilines is 1. The SMILES string of the molecule is CC(=O)N(CC(=O)NCC(C)C)c1c(C)cccc1C(C)C. The molecule has 4 nitrogen and oxygen atoms in total. The van der Waals surface area contributed by atoms with Crippen molar-refractivity contribution in [2.24, 2.45) is 5.92 Å². The standard InChI is InChI=1S/C18H28N2O2/c1-12(2)10-19-17(22)11-20(15(6)21)18-14(5)8-7-9-16(18)13(3)4/h7-9,12-13H,10-11H2,1-6H3,(H,19,22). The first kappa shape index (κ1) is 18.2. The summed E-state index contributed by atoms with van der Waals surface area (Å²) in [6, 6.07) is 5.99. The number of nitrogens with zero attached hydrogens (tertiary/aromatic N) is 1. The van der Waals surface area contributed by atoms with Crippen LogP contribution in [0.5, 0.6) is 0 Å². The van der Waals surface area contributed by atoms with Crippen molar-refractivity contribution in [1.82, 2.24) is 5.32 Å². The van der Waals surface area contributed by atoms with E-state index < -0.39 is 0 Å². The van der Waals surface area contributed by atoms with Gasteiger partial charge in [-0.15, -0.1) is 0 Å². The molecule has 4 heteroatoms. The van der Waals surface area contributed by atoms with Gasteiger partial charge >= 0.3 is 0 Å². The van der Waals surface area contributed by atoms with E-state index in [1.165, 1.54) is 6.92 Å². The van der Waals surface area contributed by atoms with Crippen molar-refractivity contribution in [1.29, 1.82) is 0 Å². The quantitative estimate of drug-likeness (QED) is 0.877. The fraction of sp³-hybridized carbons (Fsp3) is 0.556. The van der Waals surface area contributed by atoms with E-state index in [1.807, 2.05) is 39.0 Å². The van der Waals surface area contributed by atoms with Gasteiger partial charge in [-0.05, 0) is 29.9 Å². The van der Waals surface area contributed by atoms with E-state index in [0.29, 0.717) is 12.5 Å². The summed E-state index contributed by atoms with van der Waals surface area (Å²) in [4.78, 5) is 25.8. The Kier molecular flexibility index (Phi) is 6.60. The zero-order valence-electron chi connectivity index (χ0n) is 14.6. The highest BCUT2D eigenvalue weighted by atomic mass is 16.2. The van der Waals surface area contributed by atoms with Crippen LogP contribution in [0.1, 0.15) is 51.7 Å². The van der Waals surface area contributed by atoms with E-state index in [0.717, 1.165) is 16.8 Å². The maximum atomic E-state index is 12.1. The van der Waals surface area contributed by atoms with Gasteiger partial charge in [0.25, 0.3) is 0 Å². The summed E-state index contributed by atoms with van der Waals surface area (Å²) in [5.41, 5.74) is 2.97. The summed E-state index contributed by atoms with van der Waals surface area (Å²) < 4.78 is 0. The zero-order chi connectivity index (χ0) is 16.9. The smallest absolute Gasteiger partial charge is 0.240 e. The number of nitrogens with one attached hydrogen (secondary N) is 1. The second kappa shape index (κ2) is 7.97. The van der Waals surface area contributed by atoms with Crippen LogP contribution >= 0.6 is 0 Å². The molecule has 0 aliphatic heterocycles. The zero-order valence-corrected chi connectivity index (χ0v) is 14.6. The van der Waals surface area contributed by atoms with Gasteiger partial charge in [-0.2, -0.15) is 0 Å². The van der Waals surface area contributed by atoms with Crippen LogP contribution in [-0.2, 0) is 9.59 Å². The molecule has 0 aromatic heterocycles. The van der Waals surface area contributed by atoms with Crippen molar-refractivity contribution >= 4 is 17.5 Å². The molecule has 0 radical (unpaired) electrons. The Morgan fingerprint density at radius 1 is 1.18 bits per heavy atom. The Morgan fingerprint density at radius 3 is 2.32 bits per heavy atom. The number of aryl methyl sites for hydroxylation is 1. The molecule has 0 heterocycles. The van der Waals surface area contributed by atoms with Crippen LogP contribution in [0.3, 0.4) is 0 Å². The molecular formula is C18H28N2O2. The van der Waals surface area contributed by atoms with Gasteiger partial charge in [-0.1, -0.05) is 45.9 Å². The minimum absolute atomic E-state index is 0.0621. The van der Waals surface area contributed by atoms with Crippen molar-refractivity contribution in [3.8, 4) is 0 Å². The maximum absolute atomic E-state index is 12.1. The summed E-state index contributed by atoms with van der Waals surface area (Å²) in [5, 5.41) is 2.87. The van der Waals surface area contributed by atoms with Gasteiger partial charge in [0, 0.05) is 13.5 Å². The van der Waals surface area contributed by atoms with E-state index in [4.69, 9.17) is 0 Å². The minimum Gasteiger partial charge on any atom is -0.354 e. The third-order valence-corrected chi connectivity index (χ3v) is 3.55. The fourth-order valence-corrected chi connectivity index (χ4v) is 2.38. The highest BCUT2D eigenvalue weighted by Gasteiger charge is 2.21. The van der Waals surface area contributed by atoms with Gasteiger partial charge in [0.05, 0.1) is 5.69 Å². The Morgan fingerprint density at radius 2 is 1.82 bits per heavy atom.